The van der Waals surface area contributed by atoms with Crippen LogP contribution in [-0.4, -0.2) is 10.8 Å². The number of hydrogen-bond acceptors (Lipinski definition) is 4. The summed E-state index contributed by atoms with van der Waals surface area (Å²) in [6.45, 7) is 0. The van der Waals surface area contributed by atoms with Gasteiger partial charge in [-0.15, -0.1) is 0 Å². The van der Waals surface area contributed by atoms with Crippen LogP contribution in [0.1, 0.15) is 6.42 Å². The normalized spacial score (nSPS) is 9.47. The largest absolute Gasteiger partial charge is 0.318 e. The molecule has 0 radical (unpaired) electrons. The summed E-state index contributed by atoms with van der Waals surface area (Å²) in [6, 6.07) is 3.42. The highest BCUT2D eigenvalue weighted by Crippen LogP contribution is 2.34. The van der Waals surface area contributed by atoms with Crippen LogP contribution in [0.5, 0.6) is 0 Å². The number of carbonyl (C=O) groups excluding carboxylic acids is 1. The minimum Gasteiger partial charge on any atom is -0.318 e. The van der Waals surface area contributed by atoms with Crippen LogP contribution in [0.25, 0.3) is 0 Å². The van der Waals surface area contributed by atoms with Crippen molar-refractivity contribution in [1.82, 2.24) is 0 Å². The van der Waals surface area contributed by atoms with Crippen molar-refractivity contribution in [2.24, 2.45) is 0 Å². The SMILES string of the molecule is N#CCC(=O)Nc1c([N+](=O)[O-])ccc(F)c1Br. The van der Waals surface area contributed by atoms with Gasteiger partial charge in [0.05, 0.1) is 15.5 Å². The van der Waals surface area contributed by atoms with Crippen LogP contribution in [0, 0.1) is 27.3 Å². The summed E-state index contributed by atoms with van der Waals surface area (Å²) >= 11 is 2.80. The second-order valence-electron chi connectivity index (χ2n) is 2.90. The zero-order valence-corrected chi connectivity index (χ0v) is 9.82. The highest BCUT2D eigenvalue weighted by Gasteiger charge is 2.21. The molecule has 1 amide bonds. The fourth-order valence-electron chi connectivity index (χ4n) is 1.07. The third-order valence-electron chi connectivity index (χ3n) is 1.77. The van der Waals surface area contributed by atoms with E-state index in [1.54, 1.807) is 6.07 Å². The number of rotatable bonds is 3. The number of hydrogen-bond donors (Lipinski definition) is 1. The number of carbonyl (C=O) groups is 1. The van der Waals surface area contributed by atoms with Crippen molar-refractivity contribution >= 4 is 33.2 Å². The predicted molar refractivity (Wildman–Crippen MR) is 59.6 cm³/mol. The first-order valence-corrected chi connectivity index (χ1v) is 5.06. The molecular weight excluding hydrogens is 297 g/mol. The van der Waals surface area contributed by atoms with Crippen molar-refractivity contribution in [3.05, 3.63) is 32.5 Å². The monoisotopic (exact) mass is 301 g/mol. The van der Waals surface area contributed by atoms with E-state index < -0.39 is 28.8 Å². The highest BCUT2D eigenvalue weighted by molar-refractivity contribution is 9.10. The first-order chi connectivity index (χ1) is 7.97. The third-order valence-corrected chi connectivity index (χ3v) is 2.55. The zero-order chi connectivity index (χ0) is 13.0. The summed E-state index contributed by atoms with van der Waals surface area (Å²) in [4.78, 5) is 21.1. The Morgan fingerprint density at radius 2 is 2.29 bits per heavy atom. The van der Waals surface area contributed by atoms with Crippen LogP contribution in [-0.2, 0) is 4.79 Å². The Balaban J connectivity index is 3.20. The van der Waals surface area contributed by atoms with Crippen molar-refractivity contribution < 1.29 is 14.1 Å². The molecule has 1 aromatic rings. The Morgan fingerprint density at radius 1 is 1.65 bits per heavy atom. The molecule has 0 bridgehead atoms. The number of nitro benzene ring substituents is 1. The first-order valence-electron chi connectivity index (χ1n) is 4.26. The van der Waals surface area contributed by atoms with E-state index >= 15 is 0 Å². The second-order valence-corrected chi connectivity index (χ2v) is 3.69. The van der Waals surface area contributed by atoms with E-state index in [2.05, 4.69) is 21.2 Å². The van der Waals surface area contributed by atoms with Crippen LogP contribution in [0.4, 0.5) is 15.8 Å². The molecule has 6 nitrogen and oxygen atoms in total. The molecule has 0 aliphatic heterocycles. The number of amides is 1. The van der Waals surface area contributed by atoms with Gasteiger partial charge in [-0.05, 0) is 22.0 Å². The topological polar surface area (TPSA) is 96.0 Å². The van der Waals surface area contributed by atoms with Crippen molar-refractivity contribution in [2.75, 3.05) is 5.32 Å². The lowest BCUT2D eigenvalue weighted by Crippen LogP contribution is -2.12. The zero-order valence-electron chi connectivity index (χ0n) is 8.24. The van der Waals surface area contributed by atoms with Crippen LogP contribution >= 0.6 is 15.9 Å². The number of nitriles is 1. The fraction of sp³-hybridized carbons (Fsp3) is 0.111. The highest BCUT2D eigenvalue weighted by atomic mass is 79.9. The van der Waals surface area contributed by atoms with Gasteiger partial charge in [-0.25, -0.2) is 4.39 Å². The second kappa shape index (κ2) is 5.36. The average Bonchev–Trinajstić information content (AvgIpc) is 2.25. The molecule has 0 fully saturated rings. The summed E-state index contributed by atoms with van der Waals surface area (Å²) in [6.07, 6.45) is -0.472. The van der Waals surface area contributed by atoms with E-state index in [0.717, 1.165) is 12.1 Å². The van der Waals surface area contributed by atoms with Crippen molar-refractivity contribution in [2.45, 2.75) is 6.42 Å². The standard InChI is InChI=1S/C9H5BrFN3O3/c10-8-5(11)1-2-6(14(16)17)9(8)13-7(15)3-4-12/h1-2H,3H2,(H,13,15). The van der Waals surface area contributed by atoms with Gasteiger partial charge in [0.15, 0.2) is 0 Å². The first kappa shape index (κ1) is 13.1. The van der Waals surface area contributed by atoms with Gasteiger partial charge >= 0.3 is 0 Å². The molecule has 0 saturated heterocycles. The Hall–Kier alpha value is -2.01. The maximum absolute atomic E-state index is 13.2. The Bertz CT molecular complexity index is 527. The summed E-state index contributed by atoms with van der Waals surface area (Å²) in [5, 5.41) is 21.1. The lowest BCUT2D eigenvalue weighted by atomic mass is 10.2. The average molecular weight is 302 g/mol. The number of nitrogens with zero attached hydrogens (tertiary/aromatic N) is 2. The minimum absolute atomic E-state index is 0.224. The van der Waals surface area contributed by atoms with E-state index in [-0.39, 0.29) is 10.2 Å². The molecule has 1 rings (SSSR count). The van der Waals surface area contributed by atoms with Gasteiger partial charge in [0.25, 0.3) is 5.69 Å². The van der Waals surface area contributed by atoms with E-state index in [0.29, 0.717) is 0 Å². The lowest BCUT2D eigenvalue weighted by molar-refractivity contribution is -0.384. The summed E-state index contributed by atoms with van der Waals surface area (Å²) in [7, 11) is 0. The maximum atomic E-state index is 13.2. The van der Waals surface area contributed by atoms with Gasteiger partial charge in [-0.1, -0.05) is 0 Å². The number of halogens is 2. The lowest BCUT2D eigenvalue weighted by Gasteiger charge is -2.06. The molecule has 0 saturated carbocycles. The van der Waals surface area contributed by atoms with Gasteiger partial charge in [-0.2, -0.15) is 5.26 Å². The molecule has 8 heteroatoms. The molecule has 0 unspecified atom stereocenters. The molecule has 0 spiro atoms. The van der Waals surface area contributed by atoms with Gasteiger partial charge in [-0.3, -0.25) is 14.9 Å². The quantitative estimate of drug-likeness (QED) is 0.684. The molecule has 17 heavy (non-hydrogen) atoms. The molecule has 0 aromatic heterocycles. The molecule has 88 valence electrons. The predicted octanol–water partition coefficient (Wildman–Crippen LogP) is 2.35. The molecule has 1 aromatic carbocycles. The van der Waals surface area contributed by atoms with E-state index in [1.807, 2.05) is 0 Å². The Labute approximate surface area is 103 Å². The van der Waals surface area contributed by atoms with Crippen LogP contribution in [0.3, 0.4) is 0 Å². The molecular formula is C9H5BrFN3O3. The third kappa shape index (κ3) is 2.98. The van der Waals surface area contributed by atoms with Gasteiger partial charge in [0.2, 0.25) is 5.91 Å². The summed E-state index contributed by atoms with van der Waals surface area (Å²) < 4.78 is 12.9. The number of nitro groups is 1. The Kier molecular flexibility index (Phi) is 4.12. The van der Waals surface area contributed by atoms with Crippen LogP contribution in [0.2, 0.25) is 0 Å². The van der Waals surface area contributed by atoms with E-state index in [1.165, 1.54) is 0 Å². The molecule has 1 N–H and O–H groups in total. The van der Waals surface area contributed by atoms with Crippen molar-refractivity contribution in [3.63, 3.8) is 0 Å². The van der Waals surface area contributed by atoms with E-state index in [9.17, 15) is 19.3 Å². The van der Waals surface area contributed by atoms with E-state index in [4.69, 9.17) is 5.26 Å². The molecule has 0 aliphatic rings. The number of anilines is 1. The van der Waals surface area contributed by atoms with Gasteiger partial charge in [0.1, 0.15) is 17.9 Å². The van der Waals surface area contributed by atoms with Gasteiger partial charge < -0.3 is 5.32 Å². The minimum atomic E-state index is -0.758. The van der Waals surface area contributed by atoms with Gasteiger partial charge in [0, 0.05) is 6.07 Å². The molecule has 0 atom stereocenters. The maximum Gasteiger partial charge on any atom is 0.294 e. The van der Waals surface area contributed by atoms with Crippen molar-refractivity contribution in [1.29, 1.82) is 5.26 Å². The van der Waals surface area contributed by atoms with Crippen LogP contribution < -0.4 is 5.32 Å². The number of benzene rings is 1. The fourth-order valence-corrected chi connectivity index (χ4v) is 1.50. The summed E-state index contributed by atoms with van der Waals surface area (Å²) in [5.41, 5.74) is -0.750. The molecule has 0 aliphatic carbocycles. The van der Waals surface area contributed by atoms with Crippen molar-refractivity contribution in [3.8, 4) is 6.07 Å². The smallest absolute Gasteiger partial charge is 0.294 e. The number of nitrogens with one attached hydrogen (secondary N) is 1. The Morgan fingerprint density at radius 3 is 2.82 bits per heavy atom. The molecule has 0 heterocycles. The summed E-state index contributed by atoms with van der Waals surface area (Å²) in [5.74, 6) is -1.50. The van der Waals surface area contributed by atoms with Crippen LogP contribution in [0.15, 0.2) is 16.6 Å².